The maximum atomic E-state index is 5.45. The van der Waals surface area contributed by atoms with Crippen LogP contribution in [0, 0.1) is 0 Å². The predicted molar refractivity (Wildman–Crippen MR) is 47.9 cm³/mol. The second kappa shape index (κ2) is 3.27. The minimum absolute atomic E-state index is 0.750. The molecule has 1 fully saturated rings. The van der Waals surface area contributed by atoms with Crippen molar-refractivity contribution in [3.05, 3.63) is 18.2 Å². The fourth-order valence-corrected chi connectivity index (χ4v) is 1.48. The topological polar surface area (TPSA) is 43.8 Å². The second-order valence-corrected chi connectivity index (χ2v) is 3.37. The number of nitrogens with two attached hydrogens (primary N) is 1. The van der Waals surface area contributed by atoms with Gasteiger partial charge in [-0.2, -0.15) is 0 Å². The van der Waals surface area contributed by atoms with E-state index in [2.05, 4.69) is 15.7 Å². The first-order chi connectivity index (χ1) is 5.92. The first kappa shape index (κ1) is 7.80. The van der Waals surface area contributed by atoms with Gasteiger partial charge >= 0.3 is 0 Å². The molecule has 0 atom stereocenters. The predicted octanol–water partition coefficient (Wildman–Crippen LogP) is 1.11. The number of nitrogens with zero attached hydrogens (tertiary/aromatic N) is 2. The largest absolute Gasteiger partial charge is 0.332 e. The highest BCUT2D eigenvalue weighted by Gasteiger charge is 2.24. The van der Waals surface area contributed by atoms with E-state index < -0.39 is 0 Å². The van der Waals surface area contributed by atoms with E-state index in [1.54, 1.807) is 0 Å². The van der Waals surface area contributed by atoms with E-state index in [-0.39, 0.29) is 0 Å². The van der Waals surface area contributed by atoms with Crippen molar-refractivity contribution in [2.75, 3.05) is 6.54 Å². The van der Waals surface area contributed by atoms with Crippen LogP contribution in [0.4, 0.5) is 0 Å². The molecule has 0 saturated heterocycles. The Labute approximate surface area is 72.6 Å². The molecule has 1 aromatic heterocycles. The van der Waals surface area contributed by atoms with Crippen LogP contribution in [0.2, 0.25) is 0 Å². The van der Waals surface area contributed by atoms with Crippen LogP contribution in [0.15, 0.2) is 12.4 Å². The van der Waals surface area contributed by atoms with Gasteiger partial charge in [0.15, 0.2) is 0 Å². The standard InChI is InChI=1S/C9H15N3/c10-5-1-2-9-11-6-7-12(9)8-3-4-8/h6-8H,1-5,10H2. The molecule has 1 saturated carbocycles. The van der Waals surface area contributed by atoms with Crippen molar-refractivity contribution in [2.24, 2.45) is 5.73 Å². The van der Waals surface area contributed by atoms with Crippen LogP contribution in [0.5, 0.6) is 0 Å². The van der Waals surface area contributed by atoms with Gasteiger partial charge in [0.05, 0.1) is 0 Å². The minimum atomic E-state index is 0.750. The van der Waals surface area contributed by atoms with Gasteiger partial charge in [-0.05, 0) is 25.8 Å². The molecule has 0 aliphatic heterocycles. The van der Waals surface area contributed by atoms with Crippen LogP contribution < -0.4 is 5.73 Å². The first-order valence-electron chi connectivity index (χ1n) is 4.63. The van der Waals surface area contributed by atoms with Crippen molar-refractivity contribution in [1.82, 2.24) is 9.55 Å². The summed E-state index contributed by atoms with van der Waals surface area (Å²) in [7, 11) is 0. The van der Waals surface area contributed by atoms with Gasteiger partial charge in [-0.15, -0.1) is 0 Å². The molecule has 0 amide bonds. The van der Waals surface area contributed by atoms with E-state index in [1.165, 1.54) is 18.7 Å². The second-order valence-electron chi connectivity index (χ2n) is 3.37. The highest BCUT2D eigenvalue weighted by atomic mass is 15.1. The number of hydrogen-bond acceptors (Lipinski definition) is 2. The summed E-state index contributed by atoms with van der Waals surface area (Å²) >= 11 is 0. The zero-order chi connectivity index (χ0) is 8.39. The molecule has 3 heteroatoms. The maximum absolute atomic E-state index is 5.45. The van der Waals surface area contributed by atoms with Crippen molar-refractivity contribution < 1.29 is 0 Å². The average Bonchev–Trinajstić information content (AvgIpc) is 2.83. The Hall–Kier alpha value is -0.830. The monoisotopic (exact) mass is 165 g/mol. The van der Waals surface area contributed by atoms with Crippen LogP contribution in [0.3, 0.4) is 0 Å². The van der Waals surface area contributed by atoms with Gasteiger partial charge in [-0.3, -0.25) is 0 Å². The van der Waals surface area contributed by atoms with Crippen LogP contribution >= 0.6 is 0 Å². The third kappa shape index (κ3) is 1.50. The molecular formula is C9H15N3. The van der Waals surface area contributed by atoms with Gasteiger partial charge in [0.2, 0.25) is 0 Å². The third-order valence-electron chi connectivity index (χ3n) is 2.29. The lowest BCUT2D eigenvalue weighted by atomic mass is 10.3. The van der Waals surface area contributed by atoms with Crippen molar-refractivity contribution in [1.29, 1.82) is 0 Å². The highest BCUT2D eigenvalue weighted by Crippen LogP contribution is 2.35. The Balaban J connectivity index is 2.03. The highest BCUT2D eigenvalue weighted by molar-refractivity contribution is 4.99. The van der Waals surface area contributed by atoms with Gasteiger partial charge in [0.25, 0.3) is 0 Å². The molecule has 2 N–H and O–H groups in total. The fraction of sp³-hybridized carbons (Fsp3) is 0.667. The van der Waals surface area contributed by atoms with Gasteiger partial charge < -0.3 is 10.3 Å². The molecule has 1 aromatic rings. The number of imidazole rings is 1. The molecule has 2 rings (SSSR count). The number of aromatic nitrogens is 2. The Bertz CT molecular complexity index is 250. The molecule has 3 nitrogen and oxygen atoms in total. The first-order valence-corrected chi connectivity index (χ1v) is 4.63. The molecule has 0 aromatic carbocycles. The minimum Gasteiger partial charge on any atom is -0.332 e. The van der Waals surface area contributed by atoms with Crippen molar-refractivity contribution >= 4 is 0 Å². The van der Waals surface area contributed by atoms with Gasteiger partial charge in [0, 0.05) is 24.9 Å². The van der Waals surface area contributed by atoms with E-state index in [0.717, 1.165) is 25.4 Å². The molecular weight excluding hydrogens is 150 g/mol. The molecule has 66 valence electrons. The molecule has 0 bridgehead atoms. The molecule has 0 unspecified atom stereocenters. The zero-order valence-electron chi connectivity index (χ0n) is 7.24. The van der Waals surface area contributed by atoms with Crippen molar-refractivity contribution in [3.8, 4) is 0 Å². The lowest BCUT2D eigenvalue weighted by molar-refractivity contribution is 0.658. The Kier molecular flexibility index (Phi) is 2.13. The van der Waals surface area contributed by atoms with Crippen LogP contribution in [-0.2, 0) is 6.42 Å². The van der Waals surface area contributed by atoms with Crippen molar-refractivity contribution in [2.45, 2.75) is 31.7 Å². The van der Waals surface area contributed by atoms with Gasteiger partial charge in [0.1, 0.15) is 5.82 Å². The normalized spacial score (nSPS) is 16.8. The number of rotatable bonds is 4. The molecule has 1 aliphatic carbocycles. The smallest absolute Gasteiger partial charge is 0.108 e. The summed E-state index contributed by atoms with van der Waals surface area (Å²) in [5.41, 5.74) is 5.45. The summed E-state index contributed by atoms with van der Waals surface area (Å²) in [5.74, 6) is 1.21. The number of hydrogen-bond donors (Lipinski definition) is 1. The Morgan fingerprint density at radius 2 is 2.42 bits per heavy atom. The summed E-state index contributed by atoms with van der Waals surface area (Å²) in [5, 5.41) is 0. The Morgan fingerprint density at radius 3 is 3.08 bits per heavy atom. The summed E-state index contributed by atoms with van der Waals surface area (Å²) in [4.78, 5) is 4.32. The van der Waals surface area contributed by atoms with Crippen molar-refractivity contribution in [3.63, 3.8) is 0 Å². The summed E-state index contributed by atoms with van der Waals surface area (Å²) in [6, 6.07) is 0.750. The van der Waals surface area contributed by atoms with E-state index in [4.69, 9.17) is 5.73 Å². The Morgan fingerprint density at radius 1 is 1.58 bits per heavy atom. The van der Waals surface area contributed by atoms with Crippen LogP contribution in [-0.4, -0.2) is 16.1 Å². The summed E-state index contributed by atoms with van der Waals surface area (Å²) < 4.78 is 2.30. The van der Waals surface area contributed by atoms with Crippen LogP contribution in [0.25, 0.3) is 0 Å². The van der Waals surface area contributed by atoms with E-state index in [9.17, 15) is 0 Å². The fourth-order valence-electron chi connectivity index (χ4n) is 1.48. The molecule has 1 aliphatic rings. The maximum Gasteiger partial charge on any atom is 0.108 e. The van der Waals surface area contributed by atoms with Gasteiger partial charge in [-0.1, -0.05) is 0 Å². The molecule has 12 heavy (non-hydrogen) atoms. The lowest BCUT2D eigenvalue weighted by Crippen LogP contribution is -2.05. The molecule has 0 spiro atoms. The quantitative estimate of drug-likeness (QED) is 0.726. The third-order valence-corrected chi connectivity index (χ3v) is 2.29. The lowest BCUT2D eigenvalue weighted by Gasteiger charge is -2.04. The van der Waals surface area contributed by atoms with E-state index in [0.29, 0.717) is 0 Å². The van der Waals surface area contributed by atoms with E-state index in [1.807, 2.05) is 6.20 Å². The van der Waals surface area contributed by atoms with Gasteiger partial charge in [-0.25, -0.2) is 4.98 Å². The summed E-state index contributed by atoms with van der Waals surface area (Å²) in [6.07, 6.45) is 8.70. The van der Waals surface area contributed by atoms with Crippen LogP contribution in [0.1, 0.15) is 31.1 Å². The molecule has 1 heterocycles. The van der Waals surface area contributed by atoms with E-state index >= 15 is 0 Å². The average molecular weight is 165 g/mol. The number of aryl methyl sites for hydroxylation is 1. The summed E-state index contributed by atoms with van der Waals surface area (Å²) in [6.45, 7) is 0.761. The SMILES string of the molecule is NCCCc1nccn1C1CC1. The zero-order valence-corrected chi connectivity index (χ0v) is 7.24. The molecule has 0 radical (unpaired) electrons.